The molecule has 0 heterocycles. The zero-order chi connectivity index (χ0) is 14.7. The van der Waals surface area contributed by atoms with Gasteiger partial charge in [0.15, 0.2) is 0 Å². The molecular weight excluding hydrogens is 252 g/mol. The van der Waals surface area contributed by atoms with Crippen molar-refractivity contribution in [3.05, 3.63) is 23.8 Å². The van der Waals surface area contributed by atoms with E-state index in [4.69, 9.17) is 9.47 Å². The second kappa shape index (κ2) is 6.49. The minimum absolute atomic E-state index is 0.277. The molecule has 0 bridgehead atoms. The lowest BCUT2D eigenvalue weighted by molar-refractivity contribution is 0.0516. The van der Waals surface area contributed by atoms with Gasteiger partial charge in [0.05, 0.1) is 25.9 Å². The second-order valence-corrected chi connectivity index (χ2v) is 6.20. The minimum atomic E-state index is -0.522. The summed E-state index contributed by atoms with van der Waals surface area (Å²) in [6.07, 6.45) is 2.86. The molecule has 1 aliphatic rings. The zero-order valence-corrected chi connectivity index (χ0v) is 12.9. The maximum atomic E-state index is 10.8. The molecule has 3 heteroatoms. The molecule has 2 rings (SSSR count). The molecule has 112 valence electrons. The van der Waals surface area contributed by atoms with Crippen LogP contribution in [0.4, 0.5) is 0 Å². The van der Waals surface area contributed by atoms with Crippen LogP contribution in [0, 0.1) is 17.8 Å². The lowest BCUT2D eigenvalue weighted by atomic mass is 9.73. The number of ether oxygens (including phenoxy) is 2. The van der Waals surface area contributed by atoms with Crippen molar-refractivity contribution in [3.63, 3.8) is 0 Å². The smallest absolute Gasteiger partial charge is 0.128 e. The van der Waals surface area contributed by atoms with E-state index in [0.717, 1.165) is 18.4 Å². The van der Waals surface area contributed by atoms with Gasteiger partial charge in [-0.25, -0.2) is 0 Å². The van der Waals surface area contributed by atoms with Crippen LogP contribution in [0.15, 0.2) is 18.2 Å². The summed E-state index contributed by atoms with van der Waals surface area (Å²) in [4.78, 5) is 0. The Morgan fingerprint density at radius 1 is 1.00 bits per heavy atom. The minimum Gasteiger partial charge on any atom is -0.496 e. The average molecular weight is 278 g/mol. The third-order valence-corrected chi connectivity index (χ3v) is 4.42. The van der Waals surface area contributed by atoms with Gasteiger partial charge in [-0.3, -0.25) is 0 Å². The summed E-state index contributed by atoms with van der Waals surface area (Å²) in [5.41, 5.74) is 0.795. The van der Waals surface area contributed by atoms with Crippen molar-refractivity contribution in [2.75, 3.05) is 14.2 Å². The van der Waals surface area contributed by atoms with Gasteiger partial charge >= 0.3 is 0 Å². The van der Waals surface area contributed by atoms with Crippen LogP contribution in [0.5, 0.6) is 11.5 Å². The number of benzene rings is 1. The quantitative estimate of drug-likeness (QED) is 0.910. The van der Waals surface area contributed by atoms with Gasteiger partial charge in [-0.15, -0.1) is 0 Å². The van der Waals surface area contributed by atoms with E-state index in [9.17, 15) is 5.11 Å². The first kappa shape index (κ1) is 15.2. The number of rotatable bonds is 4. The molecule has 0 aromatic heterocycles. The highest BCUT2D eigenvalue weighted by Crippen LogP contribution is 2.44. The lowest BCUT2D eigenvalue weighted by Gasteiger charge is -2.35. The Kier molecular flexibility index (Phi) is 4.92. The summed E-state index contributed by atoms with van der Waals surface area (Å²) in [6.45, 7) is 4.55. The van der Waals surface area contributed by atoms with Crippen molar-refractivity contribution in [2.45, 2.75) is 39.2 Å². The van der Waals surface area contributed by atoms with Gasteiger partial charge in [0, 0.05) is 0 Å². The molecule has 0 aliphatic heterocycles. The molecule has 3 nitrogen and oxygen atoms in total. The first-order valence-electron chi connectivity index (χ1n) is 7.45. The van der Waals surface area contributed by atoms with Gasteiger partial charge < -0.3 is 14.6 Å². The predicted octanol–water partition coefficient (Wildman–Crippen LogP) is 3.81. The van der Waals surface area contributed by atoms with E-state index in [-0.39, 0.29) is 5.92 Å². The summed E-state index contributed by atoms with van der Waals surface area (Å²) in [6, 6.07) is 5.66. The molecule has 1 aliphatic carbocycles. The Labute approximate surface area is 121 Å². The van der Waals surface area contributed by atoms with Crippen molar-refractivity contribution in [2.24, 2.45) is 17.8 Å². The molecule has 0 radical (unpaired) electrons. The van der Waals surface area contributed by atoms with Crippen LogP contribution in [0.25, 0.3) is 0 Å². The molecule has 0 spiro atoms. The molecule has 1 N–H and O–H groups in total. The number of aliphatic hydroxyl groups is 1. The SMILES string of the molecule is COc1cccc(OC)c1C(O)C1CC(C)CC(C)C1. The molecule has 3 unspecified atom stereocenters. The molecule has 1 fully saturated rings. The Bertz CT molecular complexity index is 412. The van der Waals surface area contributed by atoms with E-state index < -0.39 is 6.10 Å². The standard InChI is InChI=1S/C17H26O3/c1-11-8-12(2)10-13(9-11)17(18)16-14(19-3)6-5-7-15(16)20-4/h5-7,11-13,17-18H,8-10H2,1-4H3. The van der Waals surface area contributed by atoms with Crippen molar-refractivity contribution >= 4 is 0 Å². The molecule has 3 atom stereocenters. The summed E-state index contributed by atoms with van der Waals surface area (Å²) < 4.78 is 10.8. The van der Waals surface area contributed by atoms with Crippen LogP contribution in [0.2, 0.25) is 0 Å². The zero-order valence-electron chi connectivity index (χ0n) is 12.9. The van der Waals surface area contributed by atoms with E-state index in [1.807, 2.05) is 18.2 Å². The van der Waals surface area contributed by atoms with Gasteiger partial charge in [-0.1, -0.05) is 19.9 Å². The topological polar surface area (TPSA) is 38.7 Å². The van der Waals surface area contributed by atoms with Crippen LogP contribution in [0.3, 0.4) is 0 Å². The number of methoxy groups -OCH3 is 2. The van der Waals surface area contributed by atoms with E-state index >= 15 is 0 Å². The second-order valence-electron chi connectivity index (χ2n) is 6.20. The Morgan fingerprint density at radius 3 is 1.95 bits per heavy atom. The van der Waals surface area contributed by atoms with Crippen LogP contribution < -0.4 is 9.47 Å². The largest absolute Gasteiger partial charge is 0.496 e. The molecular formula is C17H26O3. The lowest BCUT2D eigenvalue weighted by Crippen LogP contribution is -2.25. The normalized spacial score (nSPS) is 27.9. The third kappa shape index (κ3) is 3.09. The number of hydrogen-bond donors (Lipinski definition) is 1. The molecule has 0 amide bonds. The summed E-state index contributed by atoms with van der Waals surface area (Å²) >= 11 is 0. The number of hydrogen-bond acceptors (Lipinski definition) is 3. The fourth-order valence-electron chi connectivity index (χ4n) is 3.67. The van der Waals surface area contributed by atoms with Crippen molar-refractivity contribution in [1.29, 1.82) is 0 Å². The van der Waals surface area contributed by atoms with Crippen LogP contribution in [-0.4, -0.2) is 19.3 Å². The Balaban J connectivity index is 2.30. The first-order chi connectivity index (χ1) is 9.56. The van der Waals surface area contributed by atoms with Gasteiger partial charge in [0.1, 0.15) is 11.5 Å². The summed E-state index contributed by atoms with van der Waals surface area (Å²) in [7, 11) is 3.27. The van der Waals surface area contributed by atoms with Gasteiger partial charge in [-0.2, -0.15) is 0 Å². The highest BCUT2D eigenvalue weighted by molar-refractivity contribution is 5.46. The predicted molar refractivity (Wildman–Crippen MR) is 80.2 cm³/mol. The first-order valence-corrected chi connectivity index (χ1v) is 7.45. The Hall–Kier alpha value is -1.22. The maximum Gasteiger partial charge on any atom is 0.128 e. The Morgan fingerprint density at radius 2 is 1.50 bits per heavy atom. The fourth-order valence-corrected chi connectivity index (χ4v) is 3.67. The van der Waals surface area contributed by atoms with E-state index in [1.54, 1.807) is 14.2 Å². The van der Waals surface area contributed by atoms with Crippen LogP contribution >= 0.6 is 0 Å². The van der Waals surface area contributed by atoms with Crippen molar-refractivity contribution in [3.8, 4) is 11.5 Å². The van der Waals surface area contributed by atoms with Gasteiger partial charge in [0.2, 0.25) is 0 Å². The van der Waals surface area contributed by atoms with Crippen LogP contribution in [-0.2, 0) is 0 Å². The average Bonchev–Trinajstić information content (AvgIpc) is 2.44. The monoisotopic (exact) mass is 278 g/mol. The molecule has 1 aromatic carbocycles. The summed E-state index contributed by atoms with van der Waals surface area (Å²) in [5.74, 6) is 3.03. The van der Waals surface area contributed by atoms with E-state index in [1.165, 1.54) is 6.42 Å². The van der Waals surface area contributed by atoms with E-state index in [0.29, 0.717) is 23.3 Å². The van der Waals surface area contributed by atoms with Crippen molar-refractivity contribution < 1.29 is 14.6 Å². The molecule has 1 saturated carbocycles. The highest BCUT2D eigenvalue weighted by atomic mass is 16.5. The number of aliphatic hydroxyl groups excluding tert-OH is 1. The van der Waals surface area contributed by atoms with Crippen LogP contribution in [0.1, 0.15) is 44.8 Å². The summed E-state index contributed by atoms with van der Waals surface area (Å²) in [5, 5.41) is 10.8. The fraction of sp³-hybridized carbons (Fsp3) is 0.647. The highest BCUT2D eigenvalue weighted by Gasteiger charge is 2.32. The third-order valence-electron chi connectivity index (χ3n) is 4.42. The van der Waals surface area contributed by atoms with Crippen molar-refractivity contribution in [1.82, 2.24) is 0 Å². The van der Waals surface area contributed by atoms with Gasteiger partial charge in [0.25, 0.3) is 0 Å². The maximum absolute atomic E-state index is 10.8. The van der Waals surface area contributed by atoms with Gasteiger partial charge in [-0.05, 0) is 49.1 Å². The molecule has 0 saturated heterocycles. The van der Waals surface area contributed by atoms with E-state index in [2.05, 4.69) is 13.8 Å². The molecule has 20 heavy (non-hydrogen) atoms. The molecule has 1 aromatic rings.